The van der Waals surface area contributed by atoms with Crippen LogP contribution in [0.4, 0.5) is 14.5 Å². The van der Waals surface area contributed by atoms with Gasteiger partial charge in [-0.2, -0.15) is 4.39 Å². The van der Waals surface area contributed by atoms with Crippen molar-refractivity contribution >= 4 is 11.6 Å². The molecule has 0 spiro atoms. The maximum atomic E-state index is 13.2. The molecule has 0 aromatic heterocycles. The second-order valence-electron chi connectivity index (χ2n) is 3.37. The Morgan fingerprint density at radius 3 is 2.39 bits per heavy atom. The molecule has 0 saturated carbocycles. The molecule has 0 fully saturated rings. The highest BCUT2D eigenvalue weighted by Crippen LogP contribution is 2.30. The number of hydrogen-bond donors (Lipinski definition) is 3. The Labute approximate surface area is 98.6 Å². The molecule has 2 atom stereocenters. The van der Waals surface area contributed by atoms with Crippen LogP contribution in [-0.4, -0.2) is 27.1 Å². The number of aliphatic hydroxyl groups excluding tert-OH is 2. The summed E-state index contributed by atoms with van der Waals surface area (Å²) >= 11 is 0. The van der Waals surface area contributed by atoms with Crippen LogP contribution in [0.2, 0.25) is 0 Å². The monoisotopic (exact) mass is 262 g/mol. The molecule has 0 radical (unpaired) electrons. The number of hydrogen-bond acceptors (Lipinski definition) is 5. The third-order valence-corrected chi connectivity index (χ3v) is 2.15. The molecule has 0 aliphatic heterocycles. The first-order chi connectivity index (χ1) is 8.25. The third kappa shape index (κ3) is 2.57. The Bertz CT molecular complexity index is 508. The second kappa shape index (κ2) is 5.02. The Kier molecular flexibility index (Phi) is 3.89. The fourth-order valence-electron chi connectivity index (χ4n) is 1.33. The first-order valence-electron chi connectivity index (χ1n) is 4.54. The van der Waals surface area contributed by atoms with Crippen molar-refractivity contribution in [3.05, 3.63) is 39.4 Å². The first-order valence-corrected chi connectivity index (χ1v) is 4.54. The molecule has 9 heteroatoms. The summed E-state index contributed by atoms with van der Waals surface area (Å²) in [5.41, 5.74) is 2.57. The minimum atomic E-state index is -2.22. The number of aliphatic hydroxyl groups is 2. The number of carbonyl (C=O) groups is 1. The molecule has 1 amide bonds. The SMILES string of the molecule is NC(=O)C(O)C(O)c1cc(F)cc(F)c1[N+](=O)[O-]. The molecule has 1 aromatic rings. The molecule has 0 aliphatic carbocycles. The minimum absolute atomic E-state index is 0.241. The maximum Gasteiger partial charge on any atom is 0.310 e. The topological polar surface area (TPSA) is 127 Å². The molecule has 0 saturated heterocycles. The zero-order valence-corrected chi connectivity index (χ0v) is 8.71. The lowest BCUT2D eigenvalue weighted by Gasteiger charge is -2.15. The van der Waals surface area contributed by atoms with Crippen molar-refractivity contribution in [2.75, 3.05) is 0 Å². The standard InChI is InChI=1S/C9H8F2N2O5/c10-3-1-4(7(14)8(15)9(12)16)6(13(17)18)5(11)2-3/h1-2,7-8,14-15H,(H2,12,16). The highest BCUT2D eigenvalue weighted by Gasteiger charge is 2.32. The molecule has 0 heterocycles. The number of amides is 1. The molecule has 0 bridgehead atoms. The summed E-state index contributed by atoms with van der Waals surface area (Å²) in [7, 11) is 0. The average Bonchev–Trinajstić information content (AvgIpc) is 2.24. The number of rotatable bonds is 4. The van der Waals surface area contributed by atoms with E-state index in [-0.39, 0.29) is 6.07 Å². The number of benzene rings is 1. The summed E-state index contributed by atoms with van der Waals surface area (Å²) in [5, 5.41) is 29.2. The third-order valence-electron chi connectivity index (χ3n) is 2.15. The molecule has 1 rings (SSSR count). The smallest absolute Gasteiger partial charge is 0.310 e. The van der Waals surface area contributed by atoms with Gasteiger partial charge in [-0.1, -0.05) is 0 Å². The van der Waals surface area contributed by atoms with E-state index in [4.69, 9.17) is 5.11 Å². The van der Waals surface area contributed by atoms with Gasteiger partial charge in [-0.05, 0) is 6.07 Å². The van der Waals surface area contributed by atoms with Gasteiger partial charge in [-0.25, -0.2) is 4.39 Å². The molecular weight excluding hydrogens is 254 g/mol. The van der Waals surface area contributed by atoms with Crippen LogP contribution >= 0.6 is 0 Å². The number of primary amides is 1. The van der Waals surface area contributed by atoms with Crippen LogP contribution in [0.1, 0.15) is 11.7 Å². The van der Waals surface area contributed by atoms with Crippen LogP contribution in [0, 0.1) is 21.7 Å². The van der Waals surface area contributed by atoms with Gasteiger partial charge in [-0.3, -0.25) is 14.9 Å². The van der Waals surface area contributed by atoms with Crippen molar-refractivity contribution in [3.8, 4) is 0 Å². The lowest BCUT2D eigenvalue weighted by molar-refractivity contribution is -0.389. The maximum absolute atomic E-state index is 13.2. The fraction of sp³-hybridized carbons (Fsp3) is 0.222. The van der Waals surface area contributed by atoms with E-state index in [1.54, 1.807) is 0 Å². The van der Waals surface area contributed by atoms with Gasteiger partial charge in [-0.15, -0.1) is 0 Å². The lowest BCUT2D eigenvalue weighted by Crippen LogP contribution is -2.34. The average molecular weight is 262 g/mol. The predicted molar refractivity (Wildman–Crippen MR) is 53.2 cm³/mol. The summed E-state index contributed by atoms with van der Waals surface area (Å²) in [5.74, 6) is -4.13. The molecule has 98 valence electrons. The number of nitrogens with two attached hydrogens (primary N) is 1. The van der Waals surface area contributed by atoms with Crippen LogP contribution in [-0.2, 0) is 4.79 Å². The molecule has 4 N–H and O–H groups in total. The van der Waals surface area contributed by atoms with Crippen LogP contribution in [0.5, 0.6) is 0 Å². The number of halogens is 2. The van der Waals surface area contributed by atoms with E-state index in [2.05, 4.69) is 5.73 Å². The van der Waals surface area contributed by atoms with Gasteiger partial charge in [0.25, 0.3) is 0 Å². The fourth-order valence-corrected chi connectivity index (χ4v) is 1.33. The molecule has 0 aliphatic rings. The molecular formula is C9H8F2N2O5. The van der Waals surface area contributed by atoms with Crippen molar-refractivity contribution in [3.63, 3.8) is 0 Å². The highest BCUT2D eigenvalue weighted by atomic mass is 19.1. The van der Waals surface area contributed by atoms with Gasteiger partial charge >= 0.3 is 5.69 Å². The van der Waals surface area contributed by atoms with Gasteiger partial charge < -0.3 is 15.9 Å². The summed E-state index contributed by atoms with van der Waals surface area (Å²) in [4.78, 5) is 20.0. The second-order valence-corrected chi connectivity index (χ2v) is 3.37. The van der Waals surface area contributed by atoms with E-state index in [9.17, 15) is 28.8 Å². The minimum Gasteiger partial charge on any atom is -0.385 e. The number of nitro benzene ring substituents is 1. The summed E-state index contributed by atoms with van der Waals surface area (Å²) < 4.78 is 26.1. The normalized spacial score (nSPS) is 14.0. The van der Waals surface area contributed by atoms with E-state index in [1.807, 2.05) is 0 Å². The summed E-state index contributed by atoms with van der Waals surface area (Å²) in [6, 6.07) is 0.684. The molecule has 18 heavy (non-hydrogen) atoms. The zero-order valence-electron chi connectivity index (χ0n) is 8.71. The quantitative estimate of drug-likeness (QED) is 0.509. The Morgan fingerprint density at radius 1 is 1.39 bits per heavy atom. The largest absolute Gasteiger partial charge is 0.385 e. The van der Waals surface area contributed by atoms with Gasteiger partial charge in [0, 0.05) is 6.07 Å². The Hall–Kier alpha value is -2.13. The van der Waals surface area contributed by atoms with E-state index in [0.717, 1.165) is 0 Å². The van der Waals surface area contributed by atoms with Gasteiger partial charge in [0.1, 0.15) is 11.9 Å². The van der Waals surface area contributed by atoms with E-state index in [1.165, 1.54) is 0 Å². The van der Waals surface area contributed by atoms with Crippen molar-refractivity contribution in [1.29, 1.82) is 0 Å². The molecule has 7 nitrogen and oxygen atoms in total. The molecule has 2 unspecified atom stereocenters. The van der Waals surface area contributed by atoms with E-state index in [0.29, 0.717) is 6.07 Å². The van der Waals surface area contributed by atoms with Crippen LogP contribution in [0.25, 0.3) is 0 Å². The Balaban J connectivity index is 3.38. The van der Waals surface area contributed by atoms with Crippen molar-refractivity contribution < 1.29 is 28.7 Å². The Morgan fingerprint density at radius 2 is 1.94 bits per heavy atom. The van der Waals surface area contributed by atoms with Crippen molar-refractivity contribution in [2.24, 2.45) is 5.73 Å². The lowest BCUT2D eigenvalue weighted by atomic mass is 10.0. The highest BCUT2D eigenvalue weighted by molar-refractivity contribution is 5.79. The van der Waals surface area contributed by atoms with Crippen LogP contribution in [0.3, 0.4) is 0 Å². The van der Waals surface area contributed by atoms with Crippen molar-refractivity contribution in [2.45, 2.75) is 12.2 Å². The van der Waals surface area contributed by atoms with Crippen LogP contribution < -0.4 is 5.73 Å². The first kappa shape index (κ1) is 13.9. The number of carbonyl (C=O) groups excluding carboxylic acids is 1. The van der Waals surface area contributed by atoms with E-state index >= 15 is 0 Å². The van der Waals surface area contributed by atoms with Crippen LogP contribution in [0.15, 0.2) is 12.1 Å². The molecule has 1 aromatic carbocycles. The summed E-state index contributed by atoms with van der Waals surface area (Å²) in [6.45, 7) is 0. The van der Waals surface area contributed by atoms with Gasteiger partial charge in [0.05, 0.1) is 10.5 Å². The van der Waals surface area contributed by atoms with Gasteiger partial charge in [0.15, 0.2) is 6.10 Å². The number of nitrogens with zero attached hydrogens (tertiary/aromatic N) is 1. The predicted octanol–water partition coefficient (Wildman–Crippen LogP) is -0.247. The van der Waals surface area contributed by atoms with Gasteiger partial charge in [0.2, 0.25) is 11.7 Å². The van der Waals surface area contributed by atoms with E-state index < -0.39 is 45.9 Å². The van der Waals surface area contributed by atoms with Crippen molar-refractivity contribution in [1.82, 2.24) is 0 Å². The summed E-state index contributed by atoms with van der Waals surface area (Å²) in [6.07, 6.45) is -4.42. The number of nitro groups is 1. The zero-order chi connectivity index (χ0) is 14.0.